The summed E-state index contributed by atoms with van der Waals surface area (Å²) in [6.07, 6.45) is 9.51. The summed E-state index contributed by atoms with van der Waals surface area (Å²) >= 11 is 0. The molecule has 13 heteroatoms. The predicted octanol–water partition coefficient (Wildman–Crippen LogP) is 3.68. The minimum Gasteiger partial charge on any atom is -0.394 e. The van der Waals surface area contributed by atoms with Gasteiger partial charge < -0.3 is 19.4 Å². The number of fused-ring (bicyclic) bond motifs is 3. The lowest BCUT2D eigenvalue weighted by Gasteiger charge is -2.22. The molecule has 3 aliphatic carbocycles. The Balaban J connectivity index is 1.39. The molecular formula is C31H43N3O8S2. The molecule has 0 atom stereocenters. The summed E-state index contributed by atoms with van der Waals surface area (Å²) in [7, 11) is -7.56. The molecule has 44 heavy (non-hydrogen) atoms. The van der Waals surface area contributed by atoms with E-state index < -0.39 is 20.0 Å². The van der Waals surface area contributed by atoms with Crippen LogP contribution in [-0.2, 0) is 34.4 Å². The van der Waals surface area contributed by atoms with Gasteiger partial charge in [-0.25, -0.2) is 26.3 Å². The van der Waals surface area contributed by atoms with E-state index in [1.165, 1.54) is 0 Å². The molecule has 2 fully saturated rings. The molecule has 11 nitrogen and oxygen atoms in total. The van der Waals surface area contributed by atoms with Crippen LogP contribution in [0, 0.1) is 0 Å². The lowest BCUT2D eigenvalue weighted by Crippen LogP contribution is -2.36. The number of benzene rings is 2. The van der Waals surface area contributed by atoms with Crippen molar-refractivity contribution in [3.63, 3.8) is 0 Å². The number of aliphatic hydroxyl groups is 1. The van der Waals surface area contributed by atoms with Gasteiger partial charge in [0.05, 0.1) is 42.8 Å². The molecule has 3 N–H and O–H groups in total. The van der Waals surface area contributed by atoms with Gasteiger partial charge in [-0.05, 0) is 61.1 Å². The van der Waals surface area contributed by atoms with Crippen molar-refractivity contribution in [3.8, 4) is 11.1 Å². The third-order valence-corrected chi connectivity index (χ3v) is 11.4. The van der Waals surface area contributed by atoms with Gasteiger partial charge in [0, 0.05) is 23.2 Å². The van der Waals surface area contributed by atoms with Crippen LogP contribution in [-0.4, -0.2) is 79.4 Å². The zero-order chi connectivity index (χ0) is 31.0. The average molecular weight is 650 g/mol. The molecule has 242 valence electrons. The highest BCUT2D eigenvalue weighted by Gasteiger charge is 2.31. The third-order valence-electron chi connectivity index (χ3n) is 8.34. The Labute approximate surface area is 260 Å². The third kappa shape index (κ3) is 8.25. The minimum atomic E-state index is -3.78. The van der Waals surface area contributed by atoms with E-state index in [0.29, 0.717) is 30.1 Å². The van der Waals surface area contributed by atoms with Gasteiger partial charge in [-0.1, -0.05) is 55.8 Å². The molecule has 0 heterocycles. The predicted molar refractivity (Wildman–Crippen MR) is 167 cm³/mol. The van der Waals surface area contributed by atoms with Crippen LogP contribution in [0.1, 0.15) is 75.3 Å². The van der Waals surface area contributed by atoms with Gasteiger partial charge in [-0.15, -0.1) is 0 Å². The highest BCUT2D eigenvalue weighted by molar-refractivity contribution is 7.89. The second-order valence-corrected chi connectivity index (χ2v) is 15.0. The standard InChI is InChI=1S/C31H43N3O8S2/c35-15-16-40-17-18-41-19-20-42-32-31-29-21-25(43(36,37)33-23-7-3-1-4-8-23)11-13-27(29)28-14-12-26(22-30(28)31)44(38,39)34-24-9-5-2-6-10-24/h11-14,21-24,33-35H,1-10,15-20H2. The van der Waals surface area contributed by atoms with Crippen molar-refractivity contribution in [2.75, 3.05) is 39.6 Å². The Morgan fingerprint density at radius 3 is 1.57 bits per heavy atom. The molecule has 2 aromatic carbocycles. The largest absolute Gasteiger partial charge is 0.394 e. The quantitative estimate of drug-likeness (QED) is 0.167. The topological polar surface area (TPSA) is 153 Å². The van der Waals surface area contributed by atoms with Gasteiger partial charge in [0.15, 0.2) is 0 Å². The maximum absolute atomic E-state index is 13.4. The van der Waals surface area contributed by atoms with Crippen molar-refractivity contribution in [2.45, 2.75) is 86.1 Å². The van der Waals surface area contributed by atoms with E-state index >= 15 is 0 Å². The van der Waals surface area contributed by atoms with E-state index in [2.05, 4.69) is 14.6 Å². The molecule has 0 aromatic heterocycles. The van der Waals surface area contributed by atoms with Crippen LogP contribution in [0.2, 0.25) is 0 Å². The number of oxime groups is 1. The first-order valence-corrected chi connectivity index (χ1v) is 18.6. The number of nitrogens with zero attached hydrogens (tertiary/aromatic N) is 1. The van der Waals surface area contributed by atoms with Gasteiger partial charge in [-0.3, -0.25) is 0 Å². The van der Waals surface area contributed by atoms with Crippen LogP contribution in [0.4, 0.5) is 0 Å². The molecular weight excluding hydrogens is 606 g/mol. The smallest absolute Gasteiger partial charge is 0.240 e. The number of rotatable bonds is 15. The van der Waals surface area contributed by atoms with Crippen LogP contribution in [0.15, 0.2) is 51.3 Å². The fourth-order valence-corrected chi connectivity index (χ4v) is 8.76. The Morgan fingerprint density at radius 1 is 0.636 bits per heavy atom. The molecule has 0 spiro atoms. The van der Waals surface area contributed by atoms with Crippen molar-refractivity contribution in [1.82, 2.24) is 9.44 Å². The highest BCUT2D eigenvalue weighted by atomic mass is 32.2. The van der Waals surface area contributed by atoms with Crippen LogP contribution in [0.5, 0.6) is 0 Å². The van der Waals surface area contributed by atoms with E-state index in [1.54, 1.807) is 36.4 Å². The lowest BCUT2D eigenvalue weighted by atomic mass is 9.96. The molecule has 5 rings (SSSR count). The summed E-state index contributed by atoms with van der Waals surface area (Å²) in [6, 6.07) is 9.66. The number of hydrogen-bond acceptors (Lipinski definition) is 9. The molecule has 3 aliphatic rings. The van der Waals surface area contributed by atoms with Crippen LogP contribution >= 0.6 is 0 Å². The van der Waals surface area contributed by atoms with Crippen LogP contribution in [0.3, 0.4) is 0 Å². The van der Waals surface area contributed by atoms with E-state index in [1.807, 2.05) is 0 Å². The number of hydrogen-bond donors (Lipinski definition) is 3. The number of sulfonamides is 2. The van der Waals surface area contributed by atoms with Crippen molar-refractivity contribution in [3.05, 3.63) is 47.5 Å². The summed E-state index contributed by atoms with van der Waals surface area (Å²) in [6.45, 7) is 1.22. The van der Waals surface area contributed by atoms with Gasteiger partial charge in [-0.2, -0.15) is 0 Å². The van der Waals surface area contributed by atoms with Crippen molar-refractivity contribution >= 4 is 25.8 Å². The van der Waals surface area contributed by atoms with E-state index in [9.17, 15) is 16.8 Å². The second kappa shape index (κ2) is 15.3. The first-order chi connectivity index (χ1) is 21.3. The van der Waals surface area contributed by atoms with Crippen LogP contribution < -0.4 is 9.44 Å². The normalized spacial score (nSPS) is 17.8. The summed E-state index contributed by atoms with van der Waals surface area (Å²) in [5, 5.41) is 13.2. The van der Waals surface area contributed by atoms with Crippen molar-refractivity contribution < 1.29 is 36.3 Å². The summed E-state index contributed by atoms with van der Waals surface area (Å²) in [5.74, 6) is 0. The monoisotopic (exact) mass is 649 g/mol. The number of nitrogens with one attached hydrogen (secondary N) is 2. The van der Waals surface area contributed by atoms with Gasteiger partial charge in [0.1, 0.15) is 12.3 Å². The molecule has 0 aliphatic heterocycles. The SMILES string of the molecule is O=S(=O)(NC1CCCCC1)c1ccc2c(c1)C(=NOCCOCCOCCO)c1cc(S(=O)(=O)NC3CCCCC3)ccc1-2. The highest BCUT2D eigenvalue weighted by Crippen LogP contribution is 2.39. The Bertz CT molecular complexity index is 1410. The van der Waals surface area contributed by atoms with Gasteiger partial charge in [0.25, 0.3) is 0 Å². The number of ether oxygens (including phenoxy) is 2. The summed E-state index contributed by atoms with van der Waals surface area (Å²) in [5.41, 5.74) is 2.98. The summed E-state index contributed by atoms with van der Waals surface area (Å²) < 4.78 is 69.9. The first kappa shape index (κ1) is 33.0. The van der Waals surface area contributed by atoms with Gasteiger partial charge in [0.2, 0.25) is 20.0 Å². The maximum atomic E-state index is 13.4. The Hall–Kier alpha value is -2.39. The molecule has 0 amide bonds. The molecule has 0 saturated heterocycles. The fraction of sp³-hybridized carbons (Fsp3) is 0.581. The zero-order valence-corrected chi connectivity index (χ0v) is 26.6. The summed E-state index contributed by atoms with van der Waals surface area (Å²) in [4.78, 5) is 5.86. The maximum Gasteiger partial charge on any atom is 0.240 e. The molecule has 2 aromatic rings. The fourth-order valence-electron chi connectivity index (χ4n) is 6.09. The second-order valence-electron chi connectivity index (χ2n) is 11.5. The average Bonchev–Trinajstić information content (AvgIpc) is 3.33. The van der Waals surface area contributed by atoms with Crippen molar-refractivity contribution in [1.29, 1.82) is 0 Å². The zero-order valence-electron chi connectivity index (χ0n) is 25.0. The molecule has 2 saturated carbocycles. The molecule has 0 radical (unpaired) electrons. The van der Waals surface area contributed by atoms with E-state index in [0.717, 1.165) is 75.3 Å². The minimum absolute atomic E-state index is 0.0527. The van der Waals surface area contributed by atoms with Gasteiger partial charge >= 0.3 is 0 Å². The lowest BCUT2D eigenvalue weighted by molar-refractivity contribution is 0.00876. The van der Waals surface area contributed by atoms with Crippen LogP contribution in [0.25, 0.3) is 11.1 Å². The Morgan fingerprint density at radius 2 is 1.09 bits per heavy atom. The molecule has 0 bridgehead atoms. The Kier molecular flexibility index (Phi) is 11.4. The number of aliphatic hydroxyl groups excluding tert-OH is 1. The van der Waals surface area contributed by atoms with Crippen molar-refractivity contribution in [2.24, 2.45) is 5.16 Å². The first-order valence-electron chi connectivity index (χ1n) is 15.6. The molecule has 0 unspecified atom stereocenters. The van der Waals surface area contributed by atoms with E-state index in [-0.39, 0.29) is 48.3 Å². The van der Waals surface area contributed by atoms with E-state index in [4.69, 9.17) is 19.4 Å².